The smallest absolute Gasteiger partial charge is 0.120 e. The molecule has 0 unspecified atom stereocenters. The Morgan fingerprint density at radius 2 is 1.71 bits per heavy atom. The lowest BCUT2D eigenvalue weighted by molar-refractivity contribution is 0.131. The minimum atomic E-state index is -0.117. The summed E-state index contributed by atoms with van der Waals surface area (Å²) in [4.78, 5) is 0. The van der Waals surface area contributed by atoms with Crippen LogP contribution in [0.1, 0.15) is 32.8 Å². The molecule has 0 aliphatic carbocycles. The van der Waals surface area contributed by atoms with Crippen molar-refractivity contribution in [3.63, 3.8) is 0 Å². The first-order valence-electron chi connectivity index (χ1n) is 5.08. The van der Waals surface area contributed by atoms with Gasteiger partial charge >= 0.3 is 0 Å². The molecule has 14 heavy (non-hydrogen) atoms. The maximum absolute atomic E-state index is 5.72. The van der Waals surface area contributed by atoms with E-state index in [0.29, 0.717) is 0 Å². The van der Waals surface area contributed by atoms with Crippen LogP contribution in [0.25, 0.3) is 0 Å². The molecule has 1 aromatic rings. The molecule has 0 spiro atoms. The monoisotopic (exact) mass is 191 g/mol. The van der Waals surface area contributed by atoms with Gasteiger partial charge in [0.15, 0.2) is 0 Å². The summed E-state index contributed by atoms with van der Waals surface area (Å²) in [5.74, 6) is 0.935. The minimum absolute atomic E-state index is 0.117. The zero-order chi connectivity index (χ0) is 10.6. The highest BCUT2D eigenvalue weighted by Crippen LogP contribution is 2.18. The zero-order valence-corrected chi connectivity index (χ0v) is 9.34. The van der Waals surface area contributed by atoms with Gasteiger partial charge in [0.25, 0.3) is 0 Å². The highest BCUT2D eigenvalue weighted by atomic mass is 16.5. The van der Waals surface area contributed by atoms with Crippen LogP contribution in [0.15, 0.2) is 24.3 Å². The van der Waals surface area contributed by atoms with Crippen LogP contribution in [0.5, 0.6) is 5.75 Å². The predicted molar refractivity (Wildman–Crippen MR) is 60.5 cm³/mol. The number of ether oxygens (including phenoxy) is 1. The van der Waals surface area contributed by atoms with E-state index in [2.05, 4.69) is 39.8 Å². The van der Waals surface area contributed by atoms with Crippen LogP contribution < -0.4 is 4.74 Å². The average molecular weight is 191 g/mol. The molecule has 0 heterocycles. The van der Waals surface area contributed by atoms with Gasteiger partial charge < -0.3 is 4.74 Å². The van der Waals surface area contributed by atoms with Crippen LogP contribution in [0.4, 0.5) is 0 Å². The Bertz CT molecular complexity index is 266. The molecule has 0 amide bonds. The van der Waals surface area contributed by atoms with Gasteiger partial charge in [0.2, 0.25) is 0 Å². The van der Waals surface area contributed by atoms with Gasteiger partial charge in [-0.2, -0.15) is 0 Å². The molecule has 1 rings (SSSR count). The van der Waals surface area contributed by atoms with Crippen molar-refractivity contribution in [1.82, 2.24) is 0 Å². The first kappa shape index (κ1) is 11.1. The van der Waals surface area contributed by atoms with Crippen molar-refractivity contribution in [3.8, 4) is 5.75 Å². The van der Waals surface area contributed by atoms with E-state index in [9.17, 15) is 0 Å². The average Bonchev–Trinajstić information content (AvgIpc) is 2.06. The van der Waals surface area contributed by atoms with Crippen LogP contribution in [-0.2, 0) is 6.42 Å². The Hall–Kier alpha value is -0.980. The molecular formula is C13H19O. The molecule has 1 radical (unpaired) electrons. The number of benzene rings is 1. The Kier molecular flexibility index (Phi) is 3.56. The minimum Gasteiger partial charge on any atom is -0.488 e. The first-order valence-corrected chi connectivity index (χ1v) is 5.08. The van der Waals surface area contributed by atoms with E-state index in [1.165, 1.54) is 5.56 Å². The summed E-state index contributed by atoms with van der Waals surface area (Å²) in [7, 11) is 0. The summed E-state index contributed by atoms with van der Waals surface area (Å²) in [6, 6.07) is 8.25. The lowest BCUT2D eigenvalue weighted by Crippen LogP contribution is -2.22. The van der Waals surface area contributed by atoms with E-state index in [1.54, 1.807) is 0 Å². The SMILES string of the molecule is [CH2]CCc1ccc(OC(C)(C)C)cc1. The van der Waals surface area contributed by atoms with Gasteiger partial charge in [-0.15, -0.1) is 0 Å². The van der Waals surface area contributed by atoms with Gasteiger partial charge in [0, 0.05) is 0 Å². The molecule has 0 fully saturated rings. The largest absolute Gasteiger partial charge is 0.488 e. The second-order valence-electron chi connectivity index (χ2n) is 4.46. The van der Waals surface area contributed by atoms with E-state index >= 15 is 0 Å². The fraction of sp³-hybridized carbons (Fsp3) is 0.462. The number of hydrogen-bond donors (Lipinski definition) is 0. The van der Waals surface area contributed by atoms with Crippen molar-refractivity contribution in [2.75, 3.05) is 0 Å². The fourth-order valence-corrected chi connectivity index (χ4v) is 1.28. The zero-order valence-electron chi connectivity index (χ0n) is 9.34. The van der Waals surface area contributed by atoms with E-state index < -0.39 is 0 Å². The highest BCUT2D eigenvalue weighted by Gasteiger charge is 2.10. The van der Waals surface area contributed by atoms with E-state index in [4.69, 9.17) is 4.74 Å². The van der Waals surface area contributed by atoms with Crippen molar-refractivity contribution in [2.24, 2.45) is 0 Å². The Morgan fingerprint density at radius 1 is 1.14 bits per heavy atom. The molecule has 0 N–H and O–H groups in total. The van der Waals surface area contributed by atoms with E-state index in [1.807, 2.05) is 12.1 Å². The van der Waals surface area contributed by atoms with Crippen molar-refractivity contribution in [1.29, 1.82) is 0 Å². The first-order chi connectivity index (χ1) is 6.51. The van der Waals surface area contributed by atoms with Gasteiger partial charge in [-0.1, -0.05) is 19.1 Å². The normalized spacial score (nSPS) is 11.4. The third-order valence-corrected chi connectivity index (χ3v) is 1.81. The quantitative estimate of drug-likeness (QED) is 0.709. The Balaban J connectivity index is 2.64. The van der Waals surface area contributed by atoms with E-state index in [-0.39, 0.29) is 5.60 Å². The van der Waals surface area contributed by atoms with Crippen molar-refractivity contribution in [2.45, 2.75) is 39.2 Å². The highest BCUT2D eigenvalue weighted by molar-refractivity contribution is 5.27. The van der Waals surface area contributed by atoms with Crippen LogP contribution in [-0.4, -0.2) is 5.60 Å². The topological polar surface area (TPSA) is 9.23 Å². The molecule has 0 atom stereocenters. The maximum Gasteiger partial charge on any atom is 0.120 e. The molecule has 0 aromatic heterocycles. The van der Waals surface area contributed by atoms with E-state index in [0.717, 1.165) is 18.6 Å². The molecule has 1 heteroatoms. The molecular weight excluding hydrogens is 172 g/mol. The van der Waals surface area contributed by atoms with Gasteiger partial charge in [0.05, 0.1) is 0 Å². The van der Waals surface area contributed by atoms with Crippen LogP contribution in [0, 0.1) is 6.92 Å². The van der Waals surface area contributed by atoms with Gasteiger partial charge in [-0.25, -0.2) is 0 Å². The second kappa shape index (κ2) is 4.50. The maximum atomic E-state index is 5.72. The third kappa shape index (κ3) is 3.82. The molecule has 77 valence electrons. The van der Waals surface area contributed by atoms with Crippen molar-refractivity contribution >= 4 is 0 Å². The molecule has 0 saturated carbocycles. The molecule has 0 aliphatic rings. The molecule has 1 aromatic carbocycles. The Labute approximate surface area is 87.1 Å². The van der Waals surface area contributed by atoms with Crippen LogP contribution >= 0.6 is 0 Å². The predicted octanol–water partition coefficient (Wildman–Crippen LogP) is 3.63. The van der Waals surface area contributed by atoms with Crippen molar-refractivity contribution in [3.05, 3.63) is 36.8 Å². The van der Waals surface area contributed by atoms with Gasteiger partial charge in [-0.05, 0) is 51.3 Å². The third-order valence-electron chi connectivity index (χ3n) is 1.81. The Morgan fingerprint density at radius 3 is 2.14 bits per heavy atom. The summed E-state index contributed by atoms with van der Waals surface area (Å²) in [5.41, 5.74) is 1.20. The lowest BCUT2D eigenvalue weighted by atomic mass is 10.1. The molecule has 0 saturated heterocycles. The van der Waals surface area contributed by atoms with Crippen molar-refractivity contribution < 1.29 is 4.74 Å². The molecule has 1 nitrogen and oxygen atoms in total. The van der Waals surface area contributed by atoms with Crippen LogP contribution in [0.2, 0.25) is 0 Å². The lowest BCUT2D eigenvalue weighted by Gasteiger charge is -2.21. The standard InChI is InChI=1S/C13H19O/c1-5-6-11-7-9-12(10-8-11)14-13(2,3)4/h7-10H,1,5-6H2,2-4H3. The summed E-state index contributed by atoms with van der Waals surface area (Å²) in [6.07, 6.45) is 1.98. The second-order valence-corrected chi connectivity index (χ2v) is 4.46. The van der Waals surface area contributed by atoms with Gasteiger partial charge in [-0.3, -0.25) is 0 Å². The number of rotatable bonds is 3. The summed E-state index contributed by atoms with van der Waals surface area (Å²) >= 11 is 0. The fourth-order valence-electron chi connectivity index (χ4n) is 1.28. The molecule has 0 bridgehead atoms. The number of aryl methyl sites for hydroxylation is 1. The summed E-state index contributed by atoms with van der Waals surface area (Å²) < 4.78 is 5.72. The van der Waals surface area contributed by atoms with Crippen LogP contribution in [0.3, 0.4) is 0 Å². The number of hydrogen-bond acceptors (Lipinski definition) is 1. The molecule has 0 aliphatic heterocycles. The van der Waals surface area contributed by atoms with Gasteiger partial charge in [0.1, 0.15) is 11.4 Å². The summed E-state index contributed by atoms with van der Waals surface area (Å²) in [5, 5.41) is 0. The summed E-state index contributed by atoms with van der Waals surface area (Å²) in [6.45, 7) is 9.99.